The van der Waals surface area contributed by atoms with Gasteiger partial charge in [-0.1, -0.05) is 193 Å². The van der Waals surface area contributed by atoms with Crippen molar-refractivity contribution in [1.82, 2.24) is 4.98 Å². The van der Waals surface area contributed by atoms with Crippen LogP contribution < -0.4 is 26.2 Å². The molecule has 1 aromatic heterocycles. The molecule has 0 atom stereocenters. The van der Waals surface area contributed by atoms with Crippen LogP contribution in [0, 0.1) is 0 Å². The fourth-order valence-electron chi connectivity index (χ4n) is 10.8. The van der Waals surface area contributed by atoms with Gasteiger partial charge in [-0.3, -0.25) is 4.98 Å². The largest absolute Gasteiger partial charge is 0.311 e. The normalized spacial score (nSPS) is 12.8. The van der Waals surface area contributed by atoms with E-state index in [4.69, 9.17) is 4.98 Å². The van der Waals surface area contributed by atoms with E-state index in [1.54, 1.807) is 0 Å². The van der Waals surface area contributed by atoms with Crippen LogP contribution in [0.25, 0.3) is 55.8 Å². The lowest BCUT2D eigenvalue weighted by atomic mass is 9.33. The summed E-state index contributed by atoms with van der Waals surface area (Å²) in [4.78, 5) is 10.2. The van der Waals surface area contributed by atoms with Crippen LogP contribution in [0.2, 0.25) is 0 Å². The van der Waals surface area contributed by atoms with Gasteiger partial charge in [0.15, 0.2) is 0 Å². The molecule has 0 fully saturated rings. The first-order valence-corrected chi connectivity index (χ1v) is 25.0. The summed E-state index contributed by atoms with van der Waals surface area (Å²) >= 11 is 0. The van der Waals surface area contributed by atoms with E-state index < -0.39 is 0 Å². The van der Waals surface area contributed by atoms with Crippen molar-refractivity contribution < 1.29 is 0 Å². The van der Waals surface area contributed by atoms with E-state index in [1.165, 1.54) is 83.4 Å². The quantitative estimate of drug-likeness (QED) is 0.149. The smallest absolute Gasteiger partial charge is 0.252 e. The molecule has 4 heteroatoms. The van der Waals surface area contributed by atoms with Crippen LogP contribution in [0.1, 0.15) is 52.7 Å². The highest BCUT2D eigenvalue weighted by atomic mass is 15.2. The van der Waals surface area contributed by atoms with Gasteiger partial charge < -0.3 is 9.80 Å². The maximum Gasteiger partial charge on any atom is 0.252 e. The zero-order valence-corrected chi connectivity index (χ0v) is 41.4. The van der Waals surface area contributed by atoms with E-state index in [9.17, 15) is 0 Å². The van der Waals surface area contributed by atoms with Crippen LogP contribution in [0.3, 0.4) is 0 Å². The van der Waals surface area contributed by atoms with E-state index in [1.807, 2.05) is 12.3 Å². The lowest BCUT2D eigenvalue weighted by Crippen LogP contribution is -2.61. The van der Waals surface area contributed by atoms with Gasteiger partial charge in [-0.25, -0.2) is 0 Å². The summed E-state index contributed by atoms with van der Waals surface area (Å²) in [6.07, 6.45) is 1.91. The molecule has 0 unspecified atom stereocenters. The van der Waals surface area contributed by atoms with Crippen LogP contribution in [0.5, 0.6) is 0 Å². The third kappa shape index (κ3) is 8.04. The van der Waals surface area contributed by atoms with Crippen LogP contribution >= 0.6 is 0 Å². The highest BCUT2D eigenvalue weighted by Gasteiger charge is 2.45. The van der Waals surface area contributed by atoms with Crippen molar-refractivity contribution in [3.8, 4) is 55.8 Å². The topological polar surface area (TPSA) is 19.4 Å². The molecule has 342 valence electrons. The zero-order valence-electron chi connectivity index (χ0n) is 41.4. The SMILES string of the molecule is CC(C)(C)c1ccc2c(c1)B1c3cc(C(C)(C)C)ccc3N(c3cc(-c4ccccc4)cc(-c4ccccc4)c3)c3cc(-c4ccccn4)cc(c31)N2c1cc(-c2ccccc2)cc(-c2ccccc2)c1. The van der Waals surface area contributed by atoms with Crippen molar-refractivity contribution in [3.05, 3.63) is 242 Å². The number of hydrogen-bond donors (Lipinski definition) is 0. The minimum atomic E-state index is -0.0813. The van der Waals surface area contributed by atoms with Gasteiger partial charge in [0, 0.05) is 45.9 Å². The molecule has 9 aromatic carbocycles. The molecule has 3 nitrogen and oxygen atoms in total. The highest BCUT2D eigenvalue weighted by Crippen LogP contribution is 2.49. The van der Waals surface area contributed by atoms with Gasteiger partial charge in [0.05, 0.1) is 5.69 Å². The summed E-state index contributed by atoms with van der Waals surface area (Å²) in [7, 11) is 0. The second-order valence-electron chi connectivity index (χ2n) is 21.3. The molecule has 12 rings (SSSR count). The average molecular weight is 914 g/mol. The molecule has 0 saturated heterocycles. The summed E-state index contributed by atoms with van der Waals surface area (Å²) in [5, 5.41) is 0. The third-order valence-corrected chi connectivity index (χ3v) is 14.5. The summed E-state index contributed by atoms with van der Waals surface area (Å²) < 4.78 is 0. The van der Waals surface area contributed by atoms with Gasteiger partial charge >= 0.3 is 0 Å². The summed E-state index contributed by atoms with van der Waals surface area (Å²) in [5.74, 6) is 0. The van der Waals surface area contributed by atoms with Crippen LogP contribution in [-0.2, 0) is 10.8 Å². The van der Waals surface area contributed by atoms with Gasteiger partial charge in [0.1, 0.15) is 0 Å². The maximum absolute atomic E-state index is 5.05. The van der Waals surface area contributed by atoms with Gasteiger partial charge in [0.2, 0.25) is 0 Å². The first-order valence-electron chi connectivity index (χ1n) is 25.0. The monoisotopic (exact) mass is 913 g/mol. The Morgan fingerprint density at radius 3 is 1.03 bits per heavy atom. The minimum Gasteiger partial charge on any atom is -0.311 e. The Morgan fingerprint density at radius 1 is 0.324 bits per heavy atom. The van der Waals surface area contributed by atoms with Crippen molar-refractivity contribution in [3.63, 3.8) is 0 Å². The predicted molar refractivity (Wildman–Crippen MR) is 303 cm³/mol. The standard InChI is InChI=1S/C67H56BN3/c1-66(2,3)54-30-32-61-58(43-54)68-59-44-55(67(4,5)6)31-33-62(59)71(57-39-51(47-25-15-9-16-26-47)36-52(40-57)48-27-17-10-18-28-48)64-42-53(60-29-19-20-34-69-60)41-63(65(64)68)70(61)56-37-49(45-21-11-7-12-22-45)35-50(38-56)46-23-13-8-14-24-46/h7-44H,1-6H3. The lowest BCUT2D eigenvalue weighted by Gasteiger charge is -2.45. The first kappa shape index (κ1) is 44.0. The lowest BCUT2D eigenvalue weighted by molar-refractivity contribution is 0.590. The Balaban J connectivity index is 1.22. The molecule has 71 heavy (non-hydrogen) atoms. The van der Waals surface area contributed by atoms with Gasteiger partial charge in [-0.2, -0.15) is 0 Å². The Kier molecular flexibility index (Phi) is 10.7. The Morgan fingerprint density at radius 2 is 0.690 bits per heavy atom. The van der Waals surface area contributed by atoms with Crippen molar-refractivity contribution in [2.24, 2.45) is 0 Å². The minimum absolute atomic E-state index is 0.0725. The zero-order chi connectivity index (χ0) is 48.4. The van der Waals surface area contributed by atoms with Gasteiger partial charge in [-0.05, 0) is 156 Å². The number of nitrogens with zero attached hydrogens (tertiary/aromatic N) is 3. The second kappa shape index (κ2) is 17.3. The molecular formula is C67H56BN3. The summed E-state index contributed by atoms with van der Waals surface area (Å²) in [6.45, 7) is 13.9. The Labute approximate surface area is 419 Å². The molecule has 0 aliphatic carbocycles. The average Bonchev–Trinajstić information content (AvgIpc) is 3.40. The Hall–Kier alpha value is -8.21. The molecule has 3 heterocycles. The van der Waals surface area contributed by atoms with Gasteiger partial charge in [0.25, 0.3) is 6.71 Å². The van der Waals surface area contributed by atoms with E-state index in [2.05, 4.69) is 270 Å². The molecule has 0 radical (unpaired) electrons. The van der Waals surface area contributed by atoms with Crippen molar-refractivity contribution in [2.45, 2.75) is 52.4 Å². The van der Waals surface area contributed by atoms with Crippen LogP contribution in [0.4, 0.5) is 34.1 Å². The van der Waals surface area contributed by atoms with E-state index >= 15 is 0 Å². The summed E-state index contributed by atoms with van der Waals surface area (Å²) in [5.41, 5.74) is 24.6. The Bertz CT molecular complexity index is 3260. The van der Waals surface area contributed by atoms with Gasteiger partial charge in [-0.15, -0.1) is 0 Å². The molecule has 2 aliphatic rings. The fraction of sp³-hybridized carbons (Fsp3) is 0.119. The summed E-state index contributed by atoms with van der Waals surface area (Å²) in [6, 6.07) is 83.2. The maximum atomic E-state index is 5.05. The number of fused-ring (bicyclic) bond motifs is 4. The third-order valence-electron chi connectivity index (χ3n) is 14.5. The molecule has 0 N–H and O–H groups in total. The predicted octanol–water partition coefficient (Wildman–Crippen LogP) is 16.1. The molecule has 0 spiro atoms. The number of anilines is 6. The molecule has 0 saturated carbocycles. The number of hydrogen-bond acceptors (Lipinski definition) is 3. The van der Waals surface area contributed by atoms with Crippen LogP contribution in [0.15, 0.2) is 231 Å². The second-order valence-corrected chi connectivity index (χ2v) is 21.3. The van der Waals surface area contributed by atoms with Crippen molar-refractivity contribution in [1.29, 1.82) is 0 Å². The highest BCUT2D eigenvalue weighted by molar-refractivity contribution is 7.00. The van der Waals surface area contributed by atoms with Crippen molar-refractivity contribution >= 4 is 57.2 Å². The van der Waals surface area contributed by atoms with Crippen molar-refractivity contribution in [2.75, 3.05) is 9.80 Å². The van der Waals surface area contributed by atoms with Crippen LogP contribution in [-0.4, -0.2) is 11.7 Å². The number of benzene rings is 9. The fourth-order valence-corrected chi connectivity index (χ4v) is 10.8. The number of pyridine rings is 1. The van der Waals surface area contributed by atoms with E-state index in [0.29, 0.717) is 0 Å². The molecule has 2 aliphatic heterocycles. The molecular weight excluding hydrogens is 858 g/mol. The van der Waals surface area contributed by atoms with E-state index in [-0.39, 0.29) is 17.5 Å². The number of rotatable bonds is 7. The molecule has 10 aromatic rings. The number of aromatic nitrogens is 1. The molecule has 0 bridgehead atoms. The first-order chi connectivity index (χ1) is 34.5. The van der Waals surface area contributed by atoms with E-state index in [0.717, 1.165) is 34.0 Å². The molecule has 0 amide bonds.